The SMILES string of the molecule is Cc1cc(C2CN(C(=O)c3ccccc3)CCO2)n2ncnc2n1. The van der Waals surface area contributed by atoms with E-state index < -0.39 is 0 Å². The van der Waals surface area contributed by atoms with Crippen LogP contribution in [0.15, 0.2) is 42.7 Å². The van der Waals surface area contributed by atoms with Crippen LogP contribution in [-0.4, -0.2) is 50.1 Å². The Morgan fingerprint density at radius 3 is 2.96 bits per heavy atom. The zero-order chi connectivity index (χ0) is 16.5. The van der Waals surface area contributed by atoms with Gasteiger partial charge in [0.05, 0.1) is 18.8 Å². The van der Waals surface area contributed by atoms with Crippen LogP contribution in [0.4, 0.5) is 0 Å². The number of aryl methyl sites for hydroxylation is 1. The van der Waals surface area contributed by atoms with Crippen molar-refractivity contribution in [2.24, 2.45) is 0 Å². The molecule has 1 saturated heterocycles. The van der Waals surface area contributed by atoms with Gasteiger partial charge >= 0.3 is 0 Å². The molecule has 122 valence electrons. The Kier molecular flexibility index (Phi) is 3.70. The van der Waals surface area contributed by atoms with Crippen molar-refractivity contribution in [3.63, 3.8) is 0 Å². The topological polar surface area (TPSA) is 72.6 Å². The zero-order valence-electron chi connectivity index (χ0n) is 13.3. The molecule has 0 saturated carbocycles. The highest BCUT2D eigenvalue weighted by Crippen LogP contribution is 2.23. The van der Waals surface area contributed by atoms with Gasteiger partial charge in [0, 0.05) is 17.8 Å². The monoisotopic (exact) mass is 323 g/mol. The third kappa shape index (κ3) is 2.63. The second-order valence-electron chi connectivity index (χ2n) is 5.77. The minimum atomic E-state index is -0.252. The number of ether oxygens (including phenoxy) is 1. The lowest BCUT2D eigenvalue weighted by Gasteiger charge is -2.33. The first kappa shape index (κ1) is 14.8. The van der Waals surface area contributed by atoms with Crippen LogP contribution in [0.3, 0.4) is 0 Å². The average Bonchev–Trinajstić information content (AvgIpc) is 3.09. The highest BCUT2D eigenvalue weighted by Gasteiger charge is 2.28. The molecule has 0 N–H and O–H groups in total. The Bertz CT molecular complexity index is 877. The number of hydrogen-bond donors (Lipinski definition) is 0. The predicted molar refractivity (Wildman–Crippen MR) is 86.6 cm³/mol. The van der Waals surface area contributed by atoms with Crippen molar-refractivity contribution < 1.29 is 9.53 Å². The molecule has 24 heavy (non-hydrogen) atoms. The molecule has 3 heterocycles. The fraction of sp³-hybridized carbons (Fsp3) is 0.294. The standard InChI is InChI=1S/C17H17N5O2/c1-12-9-14(22-17(20-12)18-11-19-22)15-10-21(7-8-24-15)16(23)13-5-3-2-4-6-13/h2-6,9,11,15H,7-8,10H2,1H3. The summed E-state index contributed by atoms with van der Waals surface area (Å²) in [7, 11) is 0. The minimum absolute atomic E-state index is 0.0181. The number of nitrogens with zero attached hydrogens (tertiary/aromatic N) is 5. The molecule has 1 fully saturated rings. The maximum Gasteiger partial charge on any atom is 0.254 e. The smallest absolute Gasteiger partial charge is 0.254 e. The summed E-state index contributed by atoms with van der Waals surface area (Å²) in [5, 5.41) is 4.22. The summed E-state index contributed by atoms with van der Waals surface area (Å²) in [5.41, 5.74) is 2.40. The van der Waals surface area contributed by atoms with Gasteiger partial charge in [-0.25, -0.2) is 4.98 Å². The molecular weight excluding hydrogens is 306 g/mol. The van der Waals surface area contributed by atoms with Gasteiger partial charge in [-0.1, -0.05) is 18.2 Å². The number of morpholine rings is 1. The third-order valence-corrected chi connectivity index (χ3v) is 4.11. The summed E-state index contributed by atoms with van der Waals surface area (Å²) in [5.74, 6) is 0.560. The van der Waals surface area contributed by atoms with Crippen LogP contribution >= 0.6 is 0 Å². The molecule has 2 aromatic heterocycles. The van der Waals surface area contributed by atoms with Crippen molar-refractivity contribution in [2.45, 2.75) is 13.0 Å². The quantitative estimate of drug-likeness (QED) is 0.717. The molecule has 1 atom stereocenters. The second kappa shape index (κ2) is 6.01. The predicted octanol–water partition coefficient (Wildman–Crippen LogP) is 1.65. The first-order valence-corrected chi connectivity index (χ1v) is 7.85. The summed E-state index contributed by atoms with van der Waals surface area (Å²) >= 11 is 0. The van der Waals surface area contributed by atoms with Gasteiger partial charge < -0.3 is 9.64 Å². The summed E-state index contributed by atoms with van der Waals surface area (Å²) < 4.78 is 7.58. The third-order valence-electron chi connectivity index (χ3n) is 4.11. The molecule has 0 aliphatic carbocycles. The number of hydrogen-bond acceptors (Lipinski definition) is 5. The van der Waals surface area contributed by atoms with Crippen LogP contribution in [0.1, 0.15) is 27.8 Å². The summed E-state index contributed by atoms with van der Waals surface area (Å²) in [6.07, 6.45) is 1.22. The molecule has 0 spiro atoms. The summed E-state index contributed by atoms with van der Waals surface area (Å²) in [6, 6.07) is 11.2. The highest BCUT2D eigenvalue weighted by molar-refractivity contribution is 5.94. The van der Waals surface area contributed by atoms with Gasteiger partial charge in [-0.3, -0.25) is 4.79 Å². The fourth-order valence-corrected chi connectivity index (χ4v) is 2.96. The Balaban J connectivity index is 1.63. The molecular formula is C17H17N5O2. The van der Waals surface area contributed by atoms with E-state index in [-0.39, 0.29) is 12.0 Å². The number of aromatic nitrogens is 4. The van der Waals surface area contributed by atoms with Gasteiger partial charge in [0.1, 0.15) is 12.4 Å². The first-order valence-electron chi connectivity index (χ1n) is 7.85. The number of carbonyl (C=O) groups excluding carboxylic acids is 1. The van der Waals surface area contributed by atoms with Crippen molar-refractivity contribution in [2.75, 3.05) is 19.7 Å². The molecule has 4 rings (SSSR count). The number of rotatable bonds is 2. The summed E-state index contributed by atoms with van der Waals surface area (Å²) in [4.78, 5) is 23.0. The van der Waals surface area contributed by atoms with Crippen LogP contribution in [0.25, 0.3) is 5.78 Å². The Morgan fingerprint density at radius 2 is 2.12 bits per heavy atom. The maximum atomic E-state index is 12.7. The highest BCUT2D eigenvalue weighted by atomic mass is 16.5. The lowest BCUT2D eigenvalue weighted by Crippen LogP contribution is -2.42. The van der Waals surface area contributed by atoms with E-state index in [2.05, 4.69) is 15.1 Å². The van der Waals surface area contributed by atoms with Crippen LogP contribution in [0.5, 0.6) is 0 Å². The van der Waals surface area contributed by atoms with E-state index in [1.807, 2.05) is 48.2 Å². The summed E-state index contributed by atoms with van der Waals surface area (Å²) in [6.45, 7) is 3.45. The largest absolute Gasteiger partial charge is 0.368 e. The molecule has 7 heteroatoms. The molecule has 1 amide bonds. The maximum absolute atomic E-state index is 12.7. The number of amides is 1. The zero-order valence-corrected chi connectivity index (χ0v) is 13.3. The van der Waals surface area contributed by atoms with Gasteiger partial charge in [0.25, 0.3) is 11.7 Å². The molecule has 1 aliphatic heterocycles. The van der Waals surface area contributed by atoms with Crippen molar-refractivity contribution in [1.29, 1.82) is 0 Å². The van der Waals surface area contributed by atoms with E-state index in [9.17, 15) is 4.79 Å². The lowest BCUT2D eigenvalue weighted by molar-refractivity contribution is -0.0257. The normalized spacial score (nSPS) is 18.0. The van der Waals surface area contributed by atoms with E-state index in [0.29, 0.717) is 31.0 Å². The molecule has 3 aromatic rings. The van der Waals surface area contributed by atoms with Crippen LogP contribution < -0.4 is 0 Å². The molecule has 7 nitrogen and oxygen atoms in total. The van der Waals surface area contributed by atoms with Crippen molar-refractivity contribution >= 4 is 11.7 Å². The van der Waals surface area contributed by atoms with Crippen molar-refractivity contribution in [3.05, 3.63) is 59.7 Å². The van der Waals surface area contributed by atoms with Gasteiger partial charge in [-0.05, 0) is 25.1 Å². The van der Waals surface area contributed by atoms with E-state index >= 15 is 0 Å². The lowest BCUT2D eigenvalue weighted by atomic mass is 10.1. The van der Waals surface area contributed by atoms with Crippen molar-refractivity contribution in [1.82, 2.24) is 24.5 Å². The Hall–Kier alpha value is -2.80. The number of benzene rings is 1. The molecule has 1 unspecified atom stereocenters. The van der Waals surface area contributed by atoms with Crippen molar-refractivity contribution in [3.8, 4) is 0 Å². The molecule has 0 radical (unpaired) electrons. The number of fused-ring (bicyclic) bond motifs is 1. The van der Waals surface area contributed by atoms with Crippen LogP contribution in [-0.2, 0) is 4.74 Å². The van der Waals surface area contributed by atoms with Gasteiger partial charge in [0.2, 0.25) is 0 Å². The molecule has 1 aliphatic rings. The van der Waals surface area contributed by atoms with Gasteiger partial charge in [-0.2, -0.15) is 14.6 Å². The minimum Gasteiger partial charge on any atom is -0.368 e. The molecule has 0 bridgehead atoms. The van der Waals surface area contributed by atoms with Crippen LogP contribution in [0, 0.1) is 6.92 Å². The Morgan fingerprint density at radius 1 is 1.29 bits per heavy atom. The van der Waals surface area contributed by atoms with Gasteiger partial charge in [-0.15, -0.1) is 0 Å². The fourth-order valence-electron chi connectivity index (χ4n) is 2.96. The van der Waals surface area contributed by atoms with E-state index in [1.54, 1.807) is 4.52 Å². The van der Waals surface area contributed by atoms with Gasteiger partial charge in [0.15, 0.2) is 0 Å². The second-order valence-corrected chi connectivity index (χ2v) is 5.77. The van der Waals surface area contributed by atoms with E-state index in [1.165, 1.54) is 6.33 Å². The average molecular weight is 323 g/mol. The van der Waals surface area contributed by atoms with E-state index in [4.69, 9.17) is 4.74 Å². The first-order chi connectivity index (χ1) is 11.7. The van der Waals surface area contributed by atoms with Crippen LogP contribution in [0.2, 0.25) is 0 Å². The molecule has 1 aromatic carbocycles. The Labute approximate surface area is 138 Å². The number of carbonyl (C=O) groups is 1. The van der Waals surface area contributed by atoms with E-state index in [0.717, 1.165) is 11.4 Å².